The molecule has 0 fully saturated rings. The molecule has 32 heavy (non-hydrogen) atoms. The Labute approximate surface area is 184 Å². The van der Waals surface area contributed by atoms with E-state index in [0.717, 1.165) is 49.7 Å². The molecule has 0 unspecified atom stereocenters. The number of unbranched alkanes of at least 4 members (excludes halogenated alkanes) is 2. The number of aryl methyl sites for hydroxylation is 3. The number of benzene rings is 1. The molecule has 168 valence electrons. The van der Waals surface area contributed by atoms with E-state index in [2.05, 4.69) is 20.2 Å². The number of ether oxygens (including phenoxy) is 2. The zero-order valence-corrected chi connectivity index (χ0v) is 18.0. The fourth-order valence-electron chi connectivity index (χ4n) is 3.44. The van der Waals surface area contributed by atoms with Crippen LogP contribution in [0.2, 0.25) is 0 Å². The molecule has 0 bridgehead atoms. The molecule has 10 nitrogen and oxygen atoms in total. The van der Waals surface area contributed by atoms with Crippen LogP contribution in [0, 0.1) is 6.92 Å². The van der Waals surface area contributed by atoms with Gasteiger partial charge in [-0.1, -0.05) is 0 Å². The maximum Gasteiger partial charge on any atom is 0.336 e. The Bertz CT molecular complexity index is 1170. The highest BCUT2D eigenvalue weighted by Crippen LogP contribution is 2.33. The van der Waals surface area contributed by atoms with Crippen molar-refractivity contribution >= 4 is 11.0 Å². The summed E-state index contributed by atoms with van der Waals surface area (Å²) >= 11 is 0. The van der Waals surface area contributed by atoms with E-state index >= 15 is 0 Å². The van der Waals surface area contributed by atoms with E-state index in [-0.39, 0.29) is 0 Å². The van der Waals surface area contributed by atoms with Crippen molar-refractivity contribution in [2.45, 2.75) is 45.7 Å². The molecule has 10 heteroatoms. The molecule has 0 atom stereocenters. The van der Waals surface area contributed by atoms with Crippen LogP contribution in [0.4, 0.5) is 0 Å². The molecule has 0 amide bonds. The molecule has 0 aliphatic rings. The van der Waals surface area contributed by atoms with Gasteiger partial charge in [0.1, 0.15) is 42.4 Å². The highest BCUT2D eigenvalue weighted by Gasteiger charge is 2.12. The second-order valence-corrected chi connectivity index (χ2v) is 7.47. The van der Waals surface area contributed by atoms with Crippen molar-refractivity contribution in [1.29, 1.82) is 0 Å². The maximum absolute atomic E-state index is 11.9. The van der Waals surface area contributed by atoms with Gasteiger partial charge >= 0.3 is 5.63 Å². The first kappa shape index (κ1) is 21.5. The van der Waals surface area contributed by atoms with E-state index in [1.807, 2.05) is 13.0 Å². The minimum Gasteiger partial charge on any atom is -0.493 e. The summed E-state index contributed by atoms with van der Waals surface area (Å²) in [6.45, 7) is 4.52. The van der Waals surface area contributed by atoms with Crippen LogP contribution in [0.3, 0.4) is 0 Å². The zero-order valence-electron chi connectivity index (χ0n) is 18.0. The SMILES string of the molecule is Cc1cc(=O)oc2cc(OCCCCn3cncn3)cc(OCCCCn3cncn3)c12. The van der Waals surface area contributed by atoms with E-state index in [1.165, 1.54) is 18.7 Å². The maximum atomic E-state index is 11.9. The van der Waals surface area contributed by atoms with Crippen LogP contribution >= 0.6 is 0 Å². The minimum absolute atomic E-state index is 0.390. The fraction of sp³-hybridized carbons (Fsp3) is 0.409. The molecular weight excluding hydrogens is 412 g/mol. The van der Waals surface area contributed by atoms with E-state index in [1.54, 1.807) is 28.1 Å². The number of fused-ring (bicyclic) bond motifs is 1. The largest absolute Gasteiger partial charge is 0.493 e. The van der Waals surface area contributed by atoms with Gasteiger partial charge < -0.3 is 13.9 Å². The van der Waals surface area contributed by atoms with E-state index in [9.17, 15) is 4.79 Å². The Morgan fingerprint density at radius 1 is 0.875 bits per heavy atom. The van der Waals surface area contributed by atoms with Gasteiger partial charge in [-0.15, -0.1) is 0 Å². The monoisotopic (exact) mass is 438 g/mol. The van der Waals surface area contributed by atoms with Gasteiger partial charge in [-0.05, 0) is 38.2 Å². The first-order valence-corrected chi connectivity index (χ1v) is 10.7. The number of aromatic nitrogens is 6. The van der Waals surface area contributed by atoms with Crippen molar-refractivity contribution in [3.8, 4) is 11.5 Å². The van der Waals surface area contributed by atoms with Gasteiger partial charge in [0.25, 0.3) is 0 Å². The van der Waals surface area contributed by atoms with Gasteiger partial charge in [-0.25, -0.2) is 14.8 Å². The van der Waals surface area contributed by atoms with Crippen LogP contribution in [0.15, 0.2) is 52.7 Å². The molecule has 0 radical (unpaired) electrons. The molecule has 4 rings (SSSR count). The van der Waals surface area contributed by atoms with Gasteiger partial charge in [0.2, 0.25) is 0 Å². The quantitative estimate of drug-likeness (QED) is 0.245. The van der Waals surface area contributed by atoms with Crippen molar-refractivity contribution in [1.82, 2.24) is 29.5 Å². The number of rotatable bonds is 12. The van der Waals surface area contributed by atoms with E-state index in [4.69, 9.17) is 13.9 Å². The molecule has 3 aromatic heterocycles. The normalized spacial score (nSPS) is 11.2. The van der Waals surface area contributed by atoms with Crippen LogP contribution in [0.25, 0.3) is 11.0 Å². The highest BCUT2D eigenvalue weighted by atomic mass is 16.5. The Balaban J connectivity index is 1.37. The molecule has 0 aliphatic heterocycles. The average Bonchev–Trinajstić information content (AvgIpc) is 3.47. The highest BCUT2D eigenvalue weighted by molar-refractivity contribution is 5.88. The van der Waals surface area contributed by atoms with Gasteiger partial charge in [0.15, 0.2) is 0 Å². The molecule has 3 heterocycles. The summed E-state index contributed by atoms with van der Waals surface area (Å²) in [5.74, 6) is 1.27. The van der Waals surface area contributed by atoms with Crippen LogP contribution in [0.1, 0.15) is 31.2 Å². The number of nitrogens with zero attached hydrogens (tertiary/aromatic N) is 6. The molecule has 0 spiro atoms. The molecule has 0 aliphatic carbocycles. The molecule has 0 saturated carbocycles. The number of hydrogen-bond donors (Lipinski definition) is 0. The number of hydrogen-bond acceptors (Lipinski definition) is 8. The van der Waals surface area contributed by atoms with Crippen molar-refractivity contribution in [3.05, 3.63) is 59.5 Å². The molecule has 4 aromatic rings. The third-order valence-corrected chi connectivity index (χ3v) is 5.00. The molecule has 0 saturated heterocycles. The van der Waals surface area contributed by atoms with Crippen LogP contribution in [-0.4, -0.2) is 42.7 Å². The second kappa shape index (κ2) is 10.6. The lowest BCUT2D eigenvalue weighted by molar-refractivity contribution is 0.289. The predicted octanol–water partition coefficient (Wildman–Crippen LogP) is 3.00. The Morgan fingerprint density at radius 2 is 1.53 bits per heavy atom. The summed E-state index contributed by atoms with van der Waals surface area (Å²) in [7, 11) is 0. The van der Waals surface area contributed by atoms with Crippen LogP contribution in [-0.2, 0) is 13.1 Å². The van der Waals surface area contributed by atoms with Gasteiger partial charge in [0.05, 0.1) is 18.6 Å². The second-order valence-electron chi connectivity index (χ2n) is 7.47. The Morgan fingerprint density at radius 3 is 2.16 bits per heavy atom. The lowest BCUT2D eigenvalue weighted by Gasteiger charge is -2.13. The summed E-state index contributed by atoms with van der Waals surface area (Å²) in [4.78, 5) is 19.8. The van der Waals surface area contributed by atoms with Gasteiger partial charge in [-0.3, -0.25) is 9.36 Å². The van der Waals surface area contributed by atoms with Crippen LogP contribution in [0.5, 0.6) is 11.5 Å². The third-order valence-electron chi connectivity index (χ3n) is 5.00. The molecule has 0 N–H and O–H groups in total. The van der Waals surface area contributed by atoms with Crippen molar-refractivity contribution in [2.75, 3.05) is 13.2 Å². The lowest BCUT2D eigenvalue weighted by Crippen LogP contribution is -2.06. The topological polar surface area (TPSA) is 110 Å². The summed E-state index contributed by atoms with van der Waals surface area (Å²) in [5.41, 5.74) is 0.889. The van der Waals surface area contributed by atoms with E-state index < -0.39 is 5.63 Å². The smallest absolute Gasteiger partial charge is 0.336 e. The molecular formula is C22H26N6O4. The first-order valence-electron chi connectivity index (χ1n) is 10.7. The molecule has 1 aromatic carbocycles. The van der Waals surface area contributed by atoms with Crippen molar-refractivity contribution in [3.63, 3.8) is 0 Å². The fourth-order valence-corrected chi connectivity index (χ4v) is 3.44. The summed E-state index contributed by atoms with van der Waals surface area (Å²) in [6.07, 6.45) is 9.99. The Kier molecular flexibility index (Phi) is 7.11. The van der Waals surface area contributed by atoms with Crippen molar-refractivity contribution < 1.29 is 13.9 Å². The van der Waals surface area contributed by atoms with Crippen molar-refractivity contribution in [2.24, 2.45) is 0 Å². The predicted molar refractivity (Wildman–Crippen MR) is 117 cm³/mol. The van der Waals surface area contributed by atoms with E-state index in [0.29, 0.717) is 30.3 Å². The third kappa shape index (κ3) is 5.71. The Hall–Kier alpha value is -3.69. The minimum atomic E-state index is -0.390. The van der Waals surface area contributed by atoms with Gasteiger partial charge in [0, 0.05) is 31.3 Å². The zero-order chi connectivity index (χ0) is 22.2. The first-order chi connectivity index (χ1) is 15.7. The average molecular weight is 438 g/mol. The summed E-state index contributed by atoms with van der Waals surface area (Å²) < 4.78 is 21.0. The van der Waals surface area contributed by atoms with Crippen LogP contribution < -0.4 is 15.1 Å². The van der Waals surface area contributed by atoms with Gasteiger partial charge in [-0.2, -0.15) is 10.2 Å². The lowest BCUT2D eigenvalue weighted by atomic mass is 10.1. The summed E-state index contributed by atoms with van der Waals surface area (Å²) in [5, 5.41) is 8.98. The summed E-state index contributed by atoms with van der Waals surface area (Å²) in [6, 6.07) is 5.09. The standard InChI is InChI=1S/C22H26N6O4/c1-17-10-21(29)32-20-12-18(30-8-4-2-6-27-15-23-13-25-27)11-19(22(17)20)31-9-5-3-7-28-16-24-14-26-28/h10-16H,2-9H2,1H3.